The van der Waals surface area contributed by atoms with E-state index in [1.54, 1.807) is 0 Å². The average molecular weight is 357 g/mol. The lowest BCUT2D eigenvalue weighted by Gasteiger charge is -2.20. The molecule has 1 aromatic carbocycles. The molecule has 1 aliphatic rings. The Morgan fingerprint density at radius 1 is 1.28 bits per heavy atom. The standard InChI is InChI=1S/C20H23NO3S/c1-3-13-9-10-15-16(11-13)25-19(18(15)20(23)24-2)21-17(22)12-14-7-5-4-6-8-14/h4-8,13H,3,9-12H2,1-2H3,(H,21,22). The zero-order valence-electron chi connectivity index (χ0n) is 14.6. The van der Waals surface area contributed by atoms with Gasteiger partial charge in [-0.05, 0) is 36.3 Å². The van der Waals surface area contributed by atoms with Crippen LogP contribution in [-0.4, -0.2) is 19.0 Å². The van der Waals surface area contributed by atoms with Crippen molar-refractivity contribution in [3.8, 4) is 0 Å². The number of esters is 1. The number of hydrogen-bond acceptors (Lipinski definition) is 4. The zero-order chi connectivity index (χ0) is 17.8. The van der Waals surface area contributed by atoms with E-state index in [0.717, 1.165) is 36.8 Å². The third kappa shape index (κ3) is 3.93. The lowest BCUT2D eigenvalue weighted by atomic mass is 9.85. The molecule has 1 N–H and O–H groups in total. The van der Waals surface area contributed by atoms with Crippen LogP contribution in [0.15, 0.2) is 30.3 Å². The van der Waals surface area contributed by atoms with Crippen molar-refractivity contribution >= 4 is 28.2 Å². The highest BCUT2D eigenvalue weighted by atomic mass is 32.1. The highest BCUT2D eigenvalue weighted by Gasteiger charge is 2.29. The highest BCUT2D eigenvalue weighted by Crippen LogP contribution is 2.40. The van der Waals surface area contributed by atoms with Crippen LogP contribution in [0.2, 0.25) is 0 Å². The summed E-state index contributed by atoms with van der Waals surface area (Å²) in [6, 6.07) is 9.60. The molecular formula is C20H23NO3S. The molecule has 1 aliphatic carbocycles. The number of anilines is 1. The maximum atomic E-state index is 12.4. The number of amides is 1. The van der Waals surface area contributed by atoms with Crippen LogP contribution in [0.4, 0.5) is 5.00 Å². The maximum Gasteiger partial charge on any atom is 0.341 e. The topological polar surface area (TPSA) is 55.4 Å². The fraction of sp³-hybridized carbons (Fsp3) is 0.400. The van der Waals surface area contributed by atoms with Gasteiger partial charge >= 0.3 is 5.97 Å². The molecule has 0 saturated carbocycles. The number of rotatable bonds is 5. The Kier molecular flexibility index (Phi) is 5.53. The average Bonchev–Trinajstić information content (AvgIpc) is 2.98. The first kappa shape index (κ1) is 17.7. The largest absolute Gasteiger partial charge is 0.465 e. The number of benzene rings is 1. The van der Waals surface area contributed by atoms with E-state index in [9.17, 15) is 9.59 Å². The summed E-state index contributed by atoms with van der Waals surface area (Å²) >= 11 is 1.53. The second-order valence-electron chi connectivity index (χ2n) is 6.43. The third-order valence-corrected chi connectivity index (χ3v) is 5.96. The normalized spacial score (nSPS) is 16.2. The van der Waals surface area contributed by atoms with Gasteiger partial charge in [-0.3, -0.25) is 4.79 Å². The van der Waals surface area contributed by atoms with Gasteiger partial charge < -0.3 is 10.1 Å². The molecule has 132 valence electrons. The van der Waals surface area contributed by atoms with Gasteiger partial charge in [-0.2, -0.15) is 0 Å². The number of methoxy groups -OCH3 is 1. The summed E-state index contributed by atoms with van der Waals surface area (Å²) in [5, 5.41) is 3.58. The van der Waals surface area contributed by atoms with E-state index in [2.05, 4.69) is 12.2 Å². The van der Waals surface area contributed by atoms with Crippen molar-refractivity contribution in [2.24, 2.45) is 5.92 Å². The molecule has 3 rings (SSSR count). The number of carbonyl (C=O) groups excluding carboxylic acids is 2. The molecule has 0 spiro atoms. The van der Waals surface area contributed by atoms with Crippen molar-refractivity contribution in [3.05, 3.63) is 51.9 Å². The predicted octanol–water partition coefficient (Wildman–Crippen LogP) is 4.23. The molecule has 0 saturated heterocycles. The van der Waals surface area contributed by atoms with E-state index in [1.807, 2.05) is 30.3 Å². The van der Waals surface area contributed by atoms with Gasteiger partial charge in [-0.25, -0.2) is 4.79 Å². The molecule has 0 fully saturated rings. The minimum atomic E-state index is -0.359. The summed E-state index contributed by atoms with van der Waals surface area (Å²) in [5.41, 5.74) is 2.57. The molecule has 25 heavy (non-hydrogen) atoms. The molecule has 2 aromatic rings. The first-order chi connectivity index (χ1) is 12.1. The number of hydrogen-bond donors (Lipinski definition) is 1. The van der Waals surface area contributed by atoms with Crippen molar-refractivity contribution in [1.29, 1.82) is 0 Å². The van der Waals surface area contributed by atoms with Crippen LogP contribution in [0.5, 0.6) is 0 Å². The number of ether oxygens (including phenoxy) is 1. The first-order valence-electron chi connectivity index (χ1n) is 8.69. The van der Waals surface area contributed by atoms with Crippen LogP contribution in [-0.2, 0) is 28.8 Å². The van der Waals surface area contributed by atoms with Crippen LogP contribution in [0.3, 0.4) is 0 Å². The van der Waals surface area contributed by atoms with Gasteiger partial charge in [0.15, 0.2) is 0 Å². The van der Waals surface area contributed by atoms with Crippen molar-refractivity contribution in [1.82, 2.24) is 0 Å². The Hall–Kier alpha value is -2.14. The SMILES string of the molecule is CCC1CCc2c(sc(NC(=O)Cc3ccccc3)c2C(=O)OC)C1. The summed E-state index contributed by atoms with van der Waals surface area (Å²) in [6.07, 6.45) is 4.38. The van der Waals surface area contributed by atoms with Crippen LogP contribution in [0, 0.1) is 5.92 Å². The Morgan fingerprint density at radius 2 is 2.04 bits per heavy atom. The zero-order valence-corrected chi connectivity index (χ0v) is 15.4. The monoisotopic (exact) mass is 357 g/mol. The molecule has 0 bridgehead atoms. The van der Waals surface area contributed by atoms with Gasteiger partial charge in [0.1, 0.15) is 5.00 Å². The van der Waals surface area contributed by atoms with Gasteiger partial charge in [0.25, 0.3) is 0 Å². The third-order valence-electron chi connectivity index (χ3n) is 4.79. The molecule has 1 amide bonds. The molecule has 1 unspecified atom stereocenters. The Bertz CT molecular complexity index is 767. The van der Waals surface area contributed by atoms with Gasteiger partial charge in [-0.15, -0.1) is 11.3 Å². The highest BCUT2D eigenvalue weighted by molar-refractivity contribution is 7.17. The van der Waals surface area contributed by atoms with E-state index in [1.165, 1.54) is 23.3 Å². The lowest BCUT2D eigenvalue weighted by molar-refractivity contribution is -0.115. The van der Waals surface area contributed by atoms with Crippen LogP contribution >= 0.6 is 11.3 Å². The number of thiophene rings is 1. The van der Waals surface area contributed by atoms with Gasteiger partial charge in [0.05, 0.1) is 19.1 Å². The van der Waals surface area contributed by atoms with E-state index in [4.69, 9.17) is 4.74 Å². The van der Waals surface area contributed by atoms with E-state index < -0.39 is 0 Å². The smallest absolute Gasteiger partial charge is 0.341 e. The van der Waals surface area contributed by atoms with Gasteiger partial charge in [-0.1, -0.05) is 43.7 Å². The summed E-state index contributed by atoms with van der Waals surface area (Å²) in [7, 11) is 1.39. The second kappa shape index (κ2) is 7.83. The molecule has 1 atom stereocenters. The Labute approximate surface area is 152 Å². The van der Waals surface area contributed by atoms with Crippen LogP contribution in [0.1, 0.15) is 46.1 Å². The Balaban J connectivity index is 1.84. The first-order valence-corrected chi connectivity index (χ1v) is 9.50. The summed E-state index contributed by atoms with van der Waals surface area (Å²) < 4.78 is 4.97. The van der Waals surface area contributed by atoms with Crippen LogP contribution in [0.25, 0.3) is 0 Å². The number of fused-ring (bicyclic) bond motifs is 1. The number of nitrogens with one attached hydrogen (secondary N) is 1. The molecule has 4 nitrogen and oxygen atoms in total. The quantitative estimate of drug-likeness (QED) is 0.815. The fourth-order valence-electron chi connectivity index (χ4n) is 3.36. The van der Waals surface area contributed by atoms with E-state index in [0.29, 0.717) is 22.9 Å². The molecule has 1 aromatic heterocycles. The van der Waals surface area contributed by atoms with Crippen molar-refractivity contribution in [2.75, 3.05) is 12.4 Å². The van der Waals surface area contributed by atoms with Crippen molar-refractivity contribution in [3.63, 3.8) is 0 Å². The molecule has 0 aliphatic heterocycles. The van der Waals surface area contributed by atoms with Crippen molar-refractivity contribution < 1.29 is 14.3 Å². The summed E-state index contributed by atoms with van der Waals surface area (Å²) in [4.78, 5) is 25.9. The molecule has 1 heterocycles. The predicted molar refractivity (Wildman–Crippen MR) is 100 cm³/mol. The van der Waals surface area contributed by atoms with Gasteiger partial charge in [0, 0.05) is 4.88 Å². The maximum absolute atomic E-state index is 12.4. The van der Waals surface area contributed by atoms with Gasteiger partial charge in [0.2, 0.25) is 5.91 Å². The lowest BCUT2D eigenvalue weighted by Crippen LogP contribution is -2.17. The minimum Gasteiger partial charge on any atom is -0.465 e. The molecule has 0 radical (unpaired) electrons. The molecule has 5 heteroatoms. The summed E-state index contributed by atoms with van der Waals surface area (Å²) in [5.74, 6) is 0.189. The van der Waals surface area contributed by atoms with Crippen LogP contribution < -0.4 is 5.32 Å². The number of carbonyl (C=O) groups is 2. The fourth-order valence-corrected chi connectivity index (χ4v) is 4.73. The van der Waals surface area contributed by atoms with E-state index >= 15 is 0 Å². The minimum absolute atomic E-state index is 0.109. The Morgan fingerprint density at radius 3 is 2.72 bits per heavy atom. The second-order valence-corrected chi connectivity index (χ2v) is 7.53. The summed E-state index contributed by atoms with van der Waals surface area (Å²) in [6.45, 7) is 2.20. The molecular weight excluding hydrogens is 334 g/mol. The van der Waals surface area contributed by atoms with Crippen molar-refractivity contribution in [2.45, 2.75) is 39.0 Å². The van der Waals surface area contributed by atoms with E-state index in [-0.39, 0.29) is 11.9 Å².